The van der Waals surface area contributed by atoms with Crippen molar-refractivity contribution < 1.29 is 32.2 Å². The van der Waals surface area contributed by atoms with E-state index in [1.165, 1.54) is 16.4 Å². The molecular weight excluding hydrogens is 462 g/mol. The molecule has 182 valence electrons. The van der Waals surface area contributed by atoms with Crippen molar-refractivity contribution in [2.45, 2.75) is 30.7 Å². The lowest BCUT2D eigenvalue weighted by Gasteiger charge is -2.24. The van der Waals surface area contributed by atoms with Gasteiger partial charge in [0.1, 0.15) is 25.0 Å². The van der Waals surface area contributed by atoms with Crippen molar-refractivity contribution in [3.8, 4) is 17.2 Å². The number of likely N-dealkylation sites (N-methyl/N-ethyl adjacent to an activating group) is 1. The van der Waals surface area contributed by atoms with E-state index in [1.807, 2.05) is 6.92 Å². The van der Waals surface area contributed by atoms with Gasteiger partial charge >= 0.3 is 0 Å². The van der Waals surface area contributed by atoms with Crippen LogP contribution in [0.25, 0.3) is 0 Å². The summed E-state index contributed by atoms with van der Waals surface area (Å²) in [5, 5.41) is 5.41. The van der Waals surface area contributed by atoms with Gasteiger partial charge in [-0.2, -0.15) is 4.31 Å². The molecule has 2 aromatic rings. The Labute approximate surface area is 198 Å². The number of amides is 2. The fraction of sp³-hybridized carbons (Fsp3) is 0.391. The summed E-state index contributed by atoms with van der Waals surface area (Å²) in [7, 11) is -3.91. The highest BCUT2D eigenvalue weighted by Crippen LogP contribution is 2.35. The Bertz CT molecular complexity index is 1150. The summed E-state index contributed by atoms with van der Waals surface area (Å²) >= 11 is 0. The lowest BCUT2D eigenvalue weighted by Crippen LogP contribution is -2.43. The summed E-state index contributed by atoms with van der Waals surface area (Å²) < 4.78 is 44.2. The standard InChI is InChI=1S/C23H27N3O7S/c1-2-24-22(27)15-33-17-7-5-16(6-8-17)25-23(28)19-4-3-11-26(19)34(29,30)18-9-10-20-21(14-18)32-13-12-31-20/h5-10,14,19H,2-4,11-13,15H2,1H3,(H,24,27)(H,25,28). The fourth-order valence-electron chi connectivity index (χ4n) is 3.87. The molecule has 10 nitrogen and oxygen atoms in total. The van der Waals surface area contributed by atoms with E-state index in [0.29, 0.717) is 55.5 Å². The normalized spacial score (nSPS) is 17.7. The summed E-state index contributed by atoms with van der Waals surface area (Å²) in [5.74, 6) is 0.726. The molecule has 2 aromatic carbocycles. The van der Waals surface area contributed by atoms with Gasteiger partial charge in [-0.05, 0) is 56.2 Å². The van der Waals surface area contributed by atoms with E-state index in [2.05, 4.69) is 10.6 Å². The Morgan fingerprint density at radius 3 is 2.56 bits per heavy atom. The van der Waals surface area contributed by atoms with Crippen LogP contribution in [-0.2, 0) is 19.6 Å². The first-order valence-electron chi connectivity index (χ1n) is 11.1. The van der Waals surface area contributed by atoms with Crippen molar-refractivity contribution in [3.63, 3.8) is 0 Å². The maximum atomic E-state index is 13.3. The number of sulfonamides is 1. The largest absolute Gasteiger partial charge is 0.486 e. The van der Waals surface area contributed by atoms with Crippen LogP contribution in [0, 0.1) is 0 Å². The molecule has 0 radical (unpaired) electrons. The van der Waals surface area contributed by atoms with Crippen LogP contribution in [-0.4, -0.2) is 63.5 Å². The van der Waals surface area contributed by atoms with Crippen LogP contribution in [0.1, 0.15) is 19.8 Å². The van der Waals surface area contributed by atoms with Crippen molar-refractivity contribution >= 4 is 27.5 Å². The second-order valence-corrected chi connectivity index (χ2v) is 9.73. The molecule has 1 unspecified atom stereocenters. The predicted octanol–water partition coefficient (Wildman–Crippen LogP) is 1.76. The quantitative estimate of drug-likeness (QED) is 0.579. The number of ether oxygens (including phenoxy) is 3. The van der Waals surface area contributed by atoms with E-state index >= 15 is 0 Å². The zero-order valence-corrected chi connectivity index (χ0v) is 19.6. The van der Waals surface area contributed by atoms with E-state index in [4.69, 9.17) is 14.2 Å². The Kier molecular flexibility index (Phi) is 7.23. The number of hydrogen-bond acceptors (Lipinski definition) is 7. The summed E-state index contributed by atoms with van der Waals surface area (Å²) in [6, 6.07) is 10.2. The number of nitrogens with zero attached hydrogens (tertiary/aromatic N) is 1. The number of hydrogen-bond donors (Lipinski definition) is 2. The van der Waals surface area contributed by atoms with Gasteiger partial charge in [-0.3, -0.25) is 9.59 Å². The molecule has 0 saturated carbocycles. The molecule has 2 amide bonds. The smallest absolute Gasteiger partial charge is 0.257 e. The van der Waals surface area contributed by atoms with Crippen LogP contribution in [0.2, 0.25) is 0 Å². The van der Waals surface area contributed by atoms with Gasteiger partial charge in [0, 0.05) is 24.8 Å². The van der Waals surface area contributed by atoms with Gasteiger partial charge in [-0.25, -0.2) is 8.42 Å². The topological polar surface area (TPSA) is 123 Å². The summed E-state index contributed by atoms with van der Waals surface area (Å²) in [4.78, 5) is 24.5. The molecule has 1 fully saturated rings. The van der Waals surface area contributed by atoms with Gasteiger partial charge < -0.3 is 24.8 Å². The Balaban J connectivity index is 1.42. The highest BCUT2D eigenvalue weighted by Gasteiger charge is 2.40. The van der Waals surface area contributed by atoms with Gasteiger partial charge in [0.05, 0.1) is 4.90 Å². The first-order valence-corrected chi connectivity index (χ1v) is 12.5. The second-order valence-electron chi connectivity index (χ2n) is 7.84. The van der Waals surface area contributed by atoms with Crippen LogP contribution >= 0.6 is 0 Å². The van der Waals surface area contributed by atoms with Crippen LogP contribution in [0.15, 0.2) is 47.4 Å². The summed E-state index contributed by atoms with van der Waals surface area (Å²) in [6.07, 6.45) is 0.998. The number of nitrogens with one attached hydrogen (secondary N) is 2. The van der Waals surface area contributed by atoms with Crippen molar-refractivity contribution in [3.05, 3.63) is 42.5 Å². The van der Waals surface area contributed by atoms with Crippen molar-refractivity contribution in [1.82, 2.24) is 9.62 Å². The van der Waals surface area contributed by atoms with E-state index in [1.54, 1.807) is 30.3 Å². The number of anilines is 1. The zero-order valence-electron chi connectivity index (χ0n) is 18.8. The van der Waals surface area contributed by atoms with Crippen molar-refractivity contribution in [2.75, 3.05) is 38.2 Å². The van der Waals surface area contributed by atoms with E-state index in [0.717, 1.165) is 0 Å². The van der Waals surface area contributed by atoms with Crippen molar-refractivity contribution in [2.24, 2.45) is 0 Å². The van der Waals surface area contributed by atoms with Crippen molar-refractivity contribution in [1.29, 1.82) is 0 Å². The third-order valence-electron chi connectivity index (χ3n) is 5.49. The number of benzene rings is 2. The third kappa shape index (κ3) is 5.26. The molecule has 2 N–H and O–H groups in total. The molecule has 2 aliphatic heterocycles. The van der Waals surface area contributed by atoms with Gasteiger partial charge in [0.2, 0.25) is 15.9 Å². The zero-order chi connectivity index (χ0) is 24.1. The molecule has 11 heteroatoms. The SMILES string of the molecule is CCNC(=O)COc1ccc(NC(=O)C2CCCN2S(=O)(=O)c2ccc3c(c2)OCCO3)cc1. The van der Waals surface area contributed by atoms with Crippen LogP contribution in [0.5, 0.6) is 17.2 Å². The van der Waals surface area contributed by atoms with E-state index in [-0.39, 0.29) is 24.0 Å². The van der Waals surface area contributed by atoms with Gasteiger partial charge in [-0.15, -0.1) is 0 Å². The lowest BCUT2D eigenvalue weighted by atomic mass is 10.2. The summed E-state index contributed by atoms with van der Waals surface area (Å²) in [6.45, 7) is 3.25. The first kappa shape index (κ1) is 23.8. The molecule has 0 spiro atoms. The monoisotopic (exact) mass is 489 g/mol. The molecule has 1 saturated heterocycles. The summed E-state index contributed by atoms with van der Waals surface area (Å²) in [5.41, 5.74) is 0.499. The molecule has 0 bridgehead atoms. The number of rotatable bonds is 8. The third-order valence-corrected chi connectivity index (χ3v) is 7.40. The van der Waals surface area contributed by atoms with E-state index < -0.39 is 22.0 Å². The van der Waals surface area contributed by atoms with Gasteiger partial charge in [0.25, 0.3) is 5.91 Å². The number of carbonyl (C=O) groups excluding carboxylic acids is 2. The average molecular weight is 490 g/mol. The molecule has 0 aromatic heterocycles. The minimum Gasteiger partial charge on any atom is -0.486 e. The first-order chi connectivity index (χ1) is 16.4. The van der Waals surface area contributed by atoms with Gasteiger partial charge in [0.15, 0.2) is 18.1 Å². The fourth-order valence-corrected chi connectivity index (χ4v) is 5.54. The van der Waals surface area contributed by atoms with Crippen LogP contribution in [0.4, 0.5) is 5.69 Å². The minimum atomic E-state index is -3.91. The molecule has 2 heterocycles. The minimum absolute atomic E-state index is 0.0602. The van der Waals surface area contributed by atoms with Gasteiger partial charge in [-0.1, -0.05) is 0 Å². The molecule has 0 aliphatic carbocycles. The maximum absolute atomic E-state index is 13.3. The predicted molar refractivity (Wildman–Crippen MR) is 124 cm³/mol. The van der Waals surface area contributed by atoms with Crippen LogP contribution in [0.3, 0.4) is 0 Å². The number of carbonyl (C=O) groups is 2. The van der Waals surface area contributed by atoms with E-state index in [9.17, 15) is 18.0 Å². The Morgan fingerprint density at radius 1 is 1.09 bits per heavy atom. The van der Waals surface area contributed by atoms with Crippen LogP contribution < -0.4 is 24.8 Å². The maximum Gasteiger partial charge on any atom is 0.257 e. The Hall–Kier alpha value is -3.31. The molecule has 2 aliphatic rings. The second kappa shape index (κ2) is 10.3. The average Bonchev–Trinajstić information content (AvgIpc) is 3.35. The Morgan fingerprint density at radius 2 is 1.82 bits per heavy atom. The lowest BCUT2D eigenvalue weighted by molar-refractivity contribution is -0.123. The highest BCUT2D eigenvalue weighted by atomic mass is 32.2. The molecule has 1 atom stereocenters. The molecule has 34 heavy (non-hydrogen) atoms. The number of fused-ring (bicyclic) bond motifs is 1. The molecular formula is C23H27N3O7S. The molecule has 4 rings (SSSR count). The highest BCUT2D eigenvalue weighted by molar-refractivity contribution is 7.89.